The monoisotopic (exact) mass is 262 g/mol. The summed E-state index contributed by atoms with van der Waals surface area (Å²) in [7, 11) is 6.00. The third-order valence-corrected chi connectivity index (χ3v) is 3.88. The summed E-state index contributed by atoms with van der Waals surface area (Å²) in [6.45, 7) is 3.35. The molecule has 3 heteroatoms. The molecule has 0 bridgehead atoms. The lowest BCUT2D eigenvalue weighted by molar-refractivity contribution is 0.242. The molecule has 1 unspecified atom stereocenters. The largest absolute Gasteiger partial charge is 0.496 e. The molecule has 1 N–H and O–H groups in total. The van der Waals surface area contributed by atoms with Crippen molar-refractivity contribution in [1.82, 2.24) is 10.2 Å². The zero-order chi connectivity index (χ0) is 13.8. The third-order valence-electron chi connectivity index (χ3n) is 3.88. The fraction of sp³-hybridized carbons (Fsp3) is 0.625. The van der Waals surface area contributed by atoms with E-state index in [0.29, 0.717) is 18.0 Å². The molecule has 1 fully saturated rings. The summed E-state index contributed by atoms with van der Waals surface area (Å²) in [6.07, 6.45) is 2.44. The molecule has 0 aliphatic heterocycles. The standard InChI is InChI=1S/C16H26N2O/c1-12(11-18(2)3)17-14-9-13(10-14)15-7-5-6-8-16(15)19-4/h5-8,12-14,17H,9-11H2,1-4H3. The Labute approximate surface area is 116 Å². The molecule has 1 atom stereocenters. The summed E-state index contributed by atoms with van der Waals surface area (Å²) in [5, 5.41) is 3.70. The van der Waals surface area contributed by atoms with E-state index in [9.17, 15) is 0 Å². The van der Waals surface area contributed by atoms with E-state index in [1.54, 1.807) is 7.11 Å². The molecule has 19 heavy (non-hydrogen) atoms. The van der Waals surface area contributed by atoms with Gasteiger partial charge in [0.1, 0.15) is 5.75 Å². The fourth-order valence-corrected chi connectivity index (χ4v) is 3.01. The first-order valence-corrected chi connectivity index (χ1v) is 7.13. The van der Waals surface area contributed by atoms with Gasteiger partial charge in [0.25, 0.3) is 0 Å². The zero-order valence-corrected chi connectivity index (χ0v) is 12.5. The lowest BCUT2D eigenvalue weighted by Crippen LogP contribution is -2.47. The van der Waals surface area contributed by atoms with Crippen molar-refractivity contribution in [3.63, 3.8) is 0 Å². The first-order chi connectivity index (χ1) is 9.10. The Morgan fingerprint density at radius 3 is 2.63 bits per heavy atom. The number of hydrogen-bond acceptors (Lipinski definition) is 3. The summed E-state index contributed by atoms with van der Waals surface area (Å²) < 4.78 is 5.44. The van der Waals surface area contributed by atoms with Crippen LogP contribution in [0.2, 0.25) is 0 Å². The van der Waals surface area contributed by atoms with Crippen molar-refractivity contribution in [2.45, 2.75) is 37.8 Å². The summed E-state index contributed by atoms with van der Waals surface area (Å²) in [4.78, 5) is 2.23. The Balaban J connectivity index is 1.83. The van der Waals surface area contributed by atoms with Gasteiger partial charge in [-0.1, -0.05) is 18.2 Å². The van der Waals surface area contributed by atoms with Crippen LogP contribution in [0.4, 0.5) is 0 Å². The first-order valence-electron chi connectivity index (χ1n) is 7.13. The van der Waals surface area contributed by atoms with Gasteiger partial charge in [0.15, 0.2) is 0 Å². The number of likely N-dealkylation sites (N-methyl/N-ethyl adjacent to an activating group) is 1. The highest BCUT2D eigenvalue weighted by atomic mass is 16.5. The van der Waals surface area contributed by atoms with Gasteiger partial charge in [0, 0.05) is 18.6 Å². The van der Waals surface area contributed by atoms with Crippen LogP contribution < -0.4 is 10.1 Å². The molecule has 1 aromatic carbocycles. The molecule has 1 aromatic rings. The fourth-order valence-electron chi connectivity index (χ4n) is 3.01. The number of ether oxygens (including phenoxy) is 1. The van der Waals surface area contributed by atoms with Crippen LogP contribution in [0.15, 0.2) is 24.3 Å². The maximum atomic E-state index is 5.44. The highest BCUT2D eigenvalue weighted by Crippen LogP contribution is 2.41. The molecule has 3 nitrogen and oxygen atoms in total. The zero-order valence-electron chi connectivity index (χ0n) is 12.5. The quantitative estimate of drug-likeness (QED) is 0.852. The van der Waals surface area contributed by atoms with Crippen LogP contribution in [0, 0.1) is 0 Å². The smallest absolute Gasteiger partial charge is 0.122 e. The van der Waals surface area contributed by atoms with E-state index in [0.717, 1.165) is 12.3 Å². The lowest BCUT2D eigenvalue weighted by Gasteiger charge is -2.39. The van der Waals surface area contributed by atoms with Crippen LogP contribution in [0.3, 0.4) is 0 Å². The van der Waals surface area contributed by atoms with Crippen LogP contribution >= 0.6 is 0 Å². The molecule has 0 saturated heterocycles. The minimum Gasteiger partial charge on any atom is -0.496 e. The molecule has 0 radical (unpaired) electrons. The SMILES string of the molecule is COc1ccccc1C1CC(NC(C)CN(C)C)C1. The Kier molecular flexibility index (Phi) is 4.83. The Hall–Kier alpha value is -1.06. The van der Waals surface area contributed by atoms with E-state index >= 15 is 0 Å². The minimum absolute atomic E-state index is 0.554. The minimum atomic E-state index is 0.554. The average molecular weight is 262 g/mol. The first kappa shape index (κ1) is 14.4. The van der Waals surface area contributed by atoms with Crippen LogP contribution in [0.1, 0.15) is 31.2 Å². The van der Waals surface area contributed by atoms with Crippen molar-refractivity contribution in [2.24, 2.45) is 0 Å². The summed E-state index contributed by atoms with van der Waals surface area (Å²) >= 11 is 0. The predicted molar refractivity (Wildman–Crippen MR) is 79.9 cm³/mol. The second-order valence-electron chi connectivity index (χ2n) is 5.94. The van der Waals surface area contributed by atoms with Gasteiger partial charge < -0.3 is 15.0 Å². The molecular weight excluding hydrogens is 236 g/mol. The van der Waals surface area contributed by atoms with Crippen molar-refractivity contribution in [1.29, 1.82) is 0 Å². The summed E-state index contributed by atoms with van der Waals surface area (Å²) in [5.41, 5.74) is 1.36. The number of benzene rings is 1. The highest BCUT2D eigenvalue weighted by molar-refractivity contribution is 5.37. The van der Waals surface area contributed by atoms with Crippen LogP contribution in [0.25, 0.3) is 0 Å². The Bertz CT molecular complexity index is 399. The molecule has 0 aromatic heterocycles. The van der Waals surface area contributed by atoms with Gasteiger partial charge in [-0.05, 0) is 51.4 Å². The van der Waals surface area contributed by atoms with Gasteiger partial charge in [0.05, 0.1) is 7.11 Å². The van der Waals surface area contributed by atoms with E-state index in [-0.39, 0.29) is 0 Å². The maximum absolute atomic E-state index is 5.44. The van der Waals surface area contributed by atoms with E-state index < -0.39 is 0 Å². The summed E-state index contributed by atoms with van der Waals surface area (Å²) in [6, 6.07) is 9.61. The van der Waals surface area contributed by atoms with Gasteiger partial charge >= 0.3 is 0 Å². The van der Waals surface area contributed by atoms with Gasteiger partial charge in [-0.25, -0.2) is 0 Å². The van der Waals surface area contributed by atoms with E-state index in [1.165, 1.54) is 18.4 Å². The van der Waals surface area contributed by atoms with Crippen molar-refractivity contribution in [3.8, 4) is 5.75 Å². The van der Waals surface area contributed by atoms with E-state index in [4.69, 9.17) is 4.74 Å². The Morgan fingerprint density at radius 2 is 2.00 bits per heavy atom. The average Bonchev–Trinajstić information content (AvgIpc) is 2.32. The van der Waals surface area contributed by atoms with Crippen LogP contribution in [-0.2, 0) is 0 Å². The molecule has 0 heterocycles. The normalized spacial score (nSPS) is 24.1. The maximum Gasteiger partial charge on any atom is 0.122 e. The third kappa shape index (κ3) is 3.71. The number of methoxy groups -OCH3 is 1. The number of para-hydroxylation sites is 1. The molecule has 1 saturated carbocycles. The second-order valence-corrected chi connectivity index (χ2v) is 5.94. The number of rotatable bonds is 6. The molecular formula is C16H26N2O. The Morgan fingerprint density at radius 1 is 1.32 bits per heavy atom. The van der Waals surface area contributed by atoms with Gasteiger partial charge in [0.2, 0.25) is 0 Å². The van der Waals surface area contributed by atoms with Gasteiger partial charge in [-0.3, -0.25) is 0 Å². The molecule has 2 rings (SSSR count). The van der Waals surface area contributed by atoms with E-state index in [1.807, 2.05) is 6.07 Å². The predicted octanol–water partition coefficient (Wildman–Crippen LogP) is 2.48. The van der Waals surface area contributed by atoms with Gasteiger partial charge in [-0.15, -0.1) is 0 Å². The molecule has 0 amide bonds. The topological polar surface area (TPSA) is 24.5 Å². The number of nitrogens with one attached hydrogen (secondary N) is 1. The van der Waals surface area contributed by atoms with Gasteiger partial charge in [-0.2, -0.15) is 0 Å². The molecule has 106 valence electrons. The van der Waals surface area contributed by atoms with Crippen molar-refractivity contribution in [2.75, 3.05) is 27.7 Å². The van der Waals surface area contributed by atoms with Crippen molar-refractivity contribution >= 4 is 0 Å². The highest BCUT2D eigenvalue weighted by Gasteiger charge is 2.32. The van der Waals surface area contributed by atoms with E-state index in [2.05, 4.69) is 49.4 Å². The number of hydrogen-bond donors (Lipinski definition) is 1. The van der Waals surface area contributed by atoms with Crippen LogP contribution in [-0.4, -0.2) is 44.7 Å². The van der Waals surface area contributed by atoms with Crippen LogP contribution in [0.5, 0.6) is 5.75 Å². The van der Waals surface area contributed by atoms with Crippen molar-refractivity contribution < 1.29 is 4.74 Å². The molecule has 1 aliphatic carbocycles. The molecule has 1 aliphatic rings. The lowest BCUT2D eigenvalue weighted by atomic mass is 9.75. The van der Waals surface area contributed by atoms with Crippen molar-refractivity contribution in [3.05, 3.63) is 29.8 Å². The molecule has 0 spiro atoms. The summed E-state index contributed by atoms with van der Waals surface area (Å²) in [5.74, 6) is 1.69. The number of nitrogens with zero attached hydrogens (tertiary/aromatic N) is 1. The second kappa shape index (κ2) is 6.40.